The van der Waals surface area contributed by atoms with E-state index in [1.807, 2.05) is 37.4 Å². The third-order valence-electron chi connectivity index (χ3n) is 4.04. The molecule has 1 amide bonds. The van der Waals surface area contributed by atoms with Crippen molar-refractivity contribution in [1.82, 2.24) is 10.2 Å². The highest BCUT2D eigenvalue weighted by Gasteiger charge is 2.33. The lowest BCUT2D eigenvalue weighted by molar-refractivity contribution is -0.402. The molecule has 2 unspecified atom stereocenters. The van der Waals surface area contributed by atoms with Crippen LogP contribution < -0.4 is 5.32 Å². The van der Waals surface area contributed by atoms with Gasteiger partial charge in [0.15, 0.2) is 5.76 Å². The van der Waals surface area contributed by atoms with Crippen LogP contribution in [0.3, 0.4) is 0 Å². The number of carbonyl (C=O) groups is 1. The molecule has 23 heavy (non-hydrogen) atoms. The molecule has 2 aromatic rings. The van der Waals surface area contributed by atoms with Crippen molar-refractivity contribution in [2.24, 2.45) is 0 Å². The maximum absolute atomic E-state index is 12.3. The standard InChI is InChI=1S/C16H17N3O4/c1-18-9-12(11-5-3-2-4-6-11)13(10-18)17-16(20)14-7-8-15(23-14)19(21)22/h2-8,12-13H,9-10H2,1H3,(H,17,20). The molecule has 1 N–H and O–H groups in total. The lowest BCUT2D eigenvalue weighted by atomic mass is 9.94. The monoisotopic (exact) mass is 315 g/mol. The molecule has 3 rings (SSSR count). The maximum atomic E-state index is 12.3. The molecule has 7 heteroatoms. The lowest BCUT2D eigenvalue weighted by Crippen LogP contribution is -2.39. The highest BCUT2D eigenvalue weighted by molar-refractivity contribution is 5.92. The van der Waals surface area contributed by atoms with Gasteiger partial charge in [-0.15, -0.1) is 0 Å². The van der Waals surface area contributed by atoms with E-state index in [0.717, 1.165) is 12.1 Å². The van der Waals surface area contributed by atoms with Crippen molar-refractivity contribution in [3.63, 3.8) is 0 Å². The van der Waals surface area contributed by atoms with E-state index in [-0.39, 0.29) is 17.7 Å². The number of carbonyl (C=O) groups excluding carboxylic acids is 1. The van der Waals surface area contributed by atoms with Gasteiger partial charge in [0, 0.05) is 19.0 Å². The fraction of sp³-hybridized carbons (Fsp3) is 0.312. The number of likely N-dealkylation sites (tertiary alicyclic amines) is 1. The molecule has 1 aromatic carbocycles. The average Bonchev–Trinajstić information content (AvgIpc) is 3.15. The van der Waals surface area contributed by atoms with E-state index in [4.69, 9.17) is 4.42 Å². The summed E-state index contributed by atoms with van der Waals surface area (Å²) in [4.78, 5) is 24.4. The van der Waals surface area contributed by atoms with Gasteiger partial charge in [0.1, 0.15) is 4.92 Å². The number of hydrogen-bond acceptors (Lipinski definition) is 5. The molecule has 0 bridgehead atoms. The first-order valence-electron chi connectivity index (χ1n) is 7.33. The smallest absolute Gasteiger partial charge is 0.395 e. The van der Waals surface area contributed by atoms with Crippen LogP contribution in [0.5, 0.6) is 0 Å². The zero-order valence-corrected chi connectivity index (χ0v) is 12.6. The molecule has 1 fully saturated rings. The fourth-order valence-electron chi connectivity index (χ4n) is 2.97. The summed E-state index contributed by atoms with van der Waals surface area (Å²) in [6, 6.07) is 12.4. The summed E-state index contributed by atoms with van der Waals surface area (Å²) in [5.41, 5.74) is 1.16. The summed E-state index contributed by atoms with van der Waals surface area (Å²) in [7, 11) is 2.00. The number of furan rings is 1. The van der Waals surface area contributed by atoms with E-state index in [2.05, 4.69) is 10.2 Å². The van der Waals surface area contributed by atoms with Crippen LogP contribution >= 0.6 is 0 Å². The van der Waals surface area contributed by atoms with E-state index < -0.39 is 16.7 Å². The first-order chi connectivity index (χ1) is 11.0. The second-order valence-corrected chi connectivity index (χ2v) is 5.71. The zero-order valence-electron chi connectivity index (χ0n) is 12.6. The molecule has 1 aromatic heterocycles. The van der Waals surface area contributed by atoms with Gasteiger partial charge >= 0.3 is 5.88 Å². The number of nitro groups is 1. The molecular weight excluding hydrogens is 298 g/mol. The van der Waals surface area contributed by atoms with Crippen molar-refractivity contribution < 1.29 is 14.1 Å². The molecule has 0 saturated carbocycles. The Balaban J connectivity index is 1.74. The van der Waals surface area contributed by atoms with Crippen LogP contribution in [-0.4, -0.2) is 41.9 Å². The summed E-state index contributed by atoms with van der Waals surface area (Å²) in [6.07, 6.45) is 0. The molecule has 0 spiro atoms. The molecule has 2 atom stereocenters. The number of nitrogens with zero attached hydrogens (tertiary/aromatic N) is 2. The molecule has 7 nitrogen and oxygen atoms in total. The van der Waals surface area contributed by atoms with Gasteiger partial charge in [0.25, 0.3) is 5.91 Å². The van der Waals surface area contributed by atoms with Gasteiger partial charge in [-0.05, 0) is 18.7 Å². The number of likely N-dealkylation sites (N-methyl/N-ethyl adjacent to an activating group) is 1. The van der Waals surface area contributed by atoms with Crippen LogP contribution in [0.1, 0.15) is 22.0 Å². The van der Waals surface area contributed by atoms with Gasteiger partial charge in [0.05, 0.1) is 12.1 Å². The van der Waals surface area contributed by atoms with Gasteiger partial charge in [0.2, 0.25) is 0 Å². The average molecular weight is 315 g/mol. The summed E-state index contributed by atoms with van der Waals surface area (Å²) in [5.74, 6) is -0.731. The van der Waals surface area contributed by atoms with E-state index in [9.17, 15) is 14.9 Å². The summed E-state index contributed by atoms with van der Waals surface area (Å²) < 4.78 is 4.96. The minimum atomic E-state index is -0.660. The molecule has 1 saturated heterocycles. The minimum absolute atomic E-state index is 0.0435. The largest absolute Gasteiger partial charge is 0.433 e. The Morgan fingerprint density at radius 1 is 1.26 bits per heavy atom. The van der Waals surface area contributed by atoms with Gasteiger partial charge < -0.3 is 14.6 Å². The SMILES string of the molecule is CN1CC(NC(=O)c2ccc([N+](=O)[O-])o2)C(c2ccccc2)C1. The summed E-state index contributed by atoms with van der Waals surface area (Å²) in [6.45, 7) is 1.56. The topological polar surface area (TPSA) is 88.6 Å². The summed E-state index contributed by atoms with van der Waals surface area (Å²) in [5, 5.41) is 13.6. The fourth-order valence-corrected chi connectivity index (χ4v) is 2.97. The Morgan fingerprint density at radius 3 is 2.65 bits per heavy atom. The van der Waals surface area contributed by atoms with E-state index in [1.54, 1.807) is 0 Å². The Bertz CT molecular complexity index is 713. The molecule has 0 radical (unpaired) electrons. The van der Waals surface area contributed by atoms with E-state index >= 15 is 0 Å². The third-order valence-corrected chi connectivity index (χ3v) is 4.04. The zero-order chi connectivity index (χ0) is 16.4. The maximum Gasteiger partial charge on any atom is 0.433 e. The molecular formula is C16H17N3O4. The van der Waals surface area contributed by atoms with E-state index in [0.29, 0.717) is 6.54 Å². The first-order valence-corrected chi connectivity index (χ1v) is 7.33. The van der Waals surface area contributed by atoms with Crippen LogP contribution in [0.2, 0.25) is 0 Å². The van der Waals surface area contributed by atoms with Crippen molar-refractivity contribution in [3.8, 4) is 0 Å². The van der Waals surface area contributed by atoms with Crippen LogP contribution in [0, 0.1) is 10.1 Å². The Labute approximate surface area is 133 Å². The summed E-state index contributed by atoms with van der Waals surface area (Å²) >= 11 is 0. The Kier molecular flexibility index (Phi) is 4.12. The molecule has 120 valence electrons. The second-order valence-electron chi connectivity index (χ2n) is 5.71. The van der Waals surface area contributed by atoms with Crippen molar-refractivity contribution >= 4 is 11.8 Å². The van der Waals surface area contributed by atoms with Crippen molar-refractivity contribution in [1.29, 1.82) is 0 Å². The van der Waals surface area contributed by atoms with Gasteiger partial charge in [-0.3, -0.25) is 14.9 Å². The predicted octanol–water partition coefficient (Wildman–Crippen LogP) is 2.02. The first kappa shape index (κ1) is 15.2. The normalized spacial score (nSPS) is 21.3. The van der Waals surface area contributed by atoms with Crippen LogP contribution in [-0.2, 0) is 0 Å². The lowest BCUT2D eigenvalue weighted by Gasteiger charge is -2.19. The Hall–Kier alpha value is -2.67. The van der Waals surface area contributed by atoms with E-state index in [1.165, 1.54) is 12.1 Å². The van der Waals surface area contributed by atoms with Gasteiger partial charge in [-0.1, -0.05) is 30.3 Å². The van der Waals surface area contributed by atoms with Gasteiger partial charge in [-0.2, -0.15) is 0 Å². The number of hydrogen-bond donors (Lipinski definition) is 1. The third kappa shape index (κ3) is 3.24. The van der Waals surface area contributed by atoms with Crippen molar-refractivity contribution in [2.75, 3.05) is 20.1 Å². The van der Waals surface area contributed by atoms with Crippen molar-refractivity contribution in [3.05, 3.63) is 63.9 Å². The second kappa shape index (κ2) is 6.21. The number of benzene rings is 1. The van der Waals surface area contributed by atoms with Crippen molar-refractivity contribution in [2.45, 2.75) is 12.0 Å². The highest BCUT2D eigenvalue weighted by Crippen LogP contribution is 2.27. The molecule has 1 aliphatic heterocycles. The Morgan fingerprint density at radius 2 is 2.00 bits per heavy atom. The minimum Gasteiger partial charge on any atom is -0.395 e. The van der Waals surface area contributed by atoms with Gasteiger partial charge in [-0.25, -0.2) is 0 Å². The predicted molar refractivity (Wildman–Crippen MR) is 83.3 cm³/mol. The van der Waals surface area contributed by atoms with Crippen LogP contribution in [0.25, 0.3) is 0 Å². The quantitative estimate of drug-likeness (QED) is 0.689. The molecule has 0 aliphatic carbocycles. The number of amides is 1. The number of nitrogens with one attached hydrogen (secondary N) is 1. The van der Waals surface area contributed by atoms with Crippen LogP contribution in [0.4, 0.5) is 5.88 Å². The number of rotatable bonds is 4. The van der Waals surface area contributed by atoms with Crippen LogP contribution in [0.15, 0.2) is 46.9 Å². The molecule has 2 heterocycles. The highest BCUT2D eigenvalue weighted by atomic mass is 16.6. The molecule has 1 aliphatic rings.